The van der Waals surface area contributed by atoms with E-state index in [1.807, 2.05) is 0 Å². The number of hydrogen-bond donors (Lipinski definition) is 4. The molecule has 6 heteroatoms. The van der Waals surface area contributed by atoms with Crippen LogP contribution in [0.25, 0.3) is 0 Å². The lowest BCUT2D eigenvalue weighted by atomic mass is 9.93. The second kappa shape index (κ2) is 24.4. The van der Waals surface area contributed by atoms with E-state index >= 15 is 0 Å². The second-order valence-corrected chi connectivity index (χ2v) is 9.83. The van der Waals surface area contributed by atoms with Crippen LogP contribution < -0.4 is 0 Å². The summed E-state index contributed by atoms with van der Waals surface area (Å²) in [6.45, 7) is -1.06. The molecular weight excluding hydrogens is 420 g/mol. The van der Waals surface area contributed by atoms with Crippen molar-refractivity contribution in [3.63, 3.8) is 0 Å². The third kappa shape index (κ3) is 20.4. The first-order valence-electron chi connectivity index (χ1n) is 13.7. The Morgan fingerprint density at radius 1 is 0.485 bits per heavy atom. The van der Waals surface area contributed by atoms with Crippen LogP contribution in [-0.4, -0.2) is 59.4 Å². The van der Waals surface area contributed by atoms with Crippen molar-refractivity contribution in [2.24, 2.45) is 5.41 Å². The maximum absolute atomic E-state index is 11.8. The van der Waals surface area contributed by atoms with Gasteiger partial charge in [0.15, 0.2) is 0 Å². The Labute approximate surface area is 203 Å². The second-order valence-electron chi connectivity index (χ2n) is 9.83. The zero-order chi connectivity index (χ0) is 24.5. The van der Waals surface area contributed by atoms with Gasteiger partial charge in [-0.05, 0) is 12.8 Å². The molecule has 0 atom stereocenters. The molecule has 0 unspecified atom stereocenters. The molecule has 0 aromatic carbocycles. The van der Waals surface area contributed by atoms with Crippen molar-refractivity contribution >= 4 is 5.97 Å². The molecule has 0 aromatic heterocycles. The lowest BCUT2D eigenvalue weighted by Crippen LogP contribution is -2.39. The van der Waals surface area contributed by atoms with Gasteiger partial charge in [0.25, 0.3) is 0 Å². The number of hydrogen-bond acceptors (Lipinski definition) is 6. The molecule has 198 valence electrons. The molecule has 0 bridgehead atoms. The SMILES string of the molecule is O=C(CCCCCCCCCCCCCCCCCCCCCO)OCC(CO)(CO)CO. The maximum atomic E-state index is 11.8. The smallest absolute Gasteiger partial charge is 0.305 e. The summed E-state index contributed by atoms with van der Waals surface area (Å²) in [7, 11) is 0. The summed E-state index contributed by atoms with van der Waals surface area (Å²) < 4.78 is 5.09. The lowest BCUT2D eigenvalue weighted by molar-refractivity contribution is -0.151. The Hall–Kier alpha value is -0.690. The first kappa shape index (κ1) is 32.3. The van der Waals surface area contributed by atoms with Gasteiger partial charge in [-0.1, -0.05) is 109 Å². The van der Waals surface area contributed by atoms with E-state index in [-0.39, 0.29) is 12.6 Å². The molecule has 0 rings (SSSR count). The van der Waals surface area contributed by atoms with E-state index in [1.54, 1.807) is 0 Å². The topological polar surface area (TPSA) is 107 Å². The minimum Gasteiger partial charge on any atom is -0.465 e. The molecule has 0 radical (unpaired) electrons. The number of aliphatic hydroxyl groups is 4. The quantitative estimate of drug-likeness (QED) is 0.100. The summed E-state index contributed by atoms with van der Waals surface area (Å²) in [5.74, 6) is -0.330. The average Bonchev–Trinajstić information content (AvgIpc) is 2.84. The van der Waals surface area contributed by atoms with Gasteiger partial charge in [0.2, 0.25) is 0 Å². The van der Waals surface area contributed by atoms with Crippen LogP contribution in [0.5, 0.6) is 0 Å². The monoisotopic (exact) mass is 474 g/mol. The molecule has 33 heavy (non-hydrogen) atoms. The molecule has 0 heterocycles. The van der Waals surface area contributed by atoms with Gasteiger partial charge >= 0.3 is 5.97 Å². The fraction of sp³-hybridized carbons (Fsp3) is 0.963. The zero-order valence-electron chi connectivity index (χ0n) is 21.3. The highest BCUT2D eigenvalue weighted by Gasteiger charge is 2.29. The van der Waals surface area contributed by atoms with Crippen molar-refractivity contribution in [3.8, 4) is 0 Å². The molecule has 0 saturated carbocycles. The van der Waals surface area contributed by atoms with Gasteiger partial charge < -0.3 is 25.2 Å². The normalized spacial score (nSPS) is 11.8. The fourth-order valence-corrected chi connectivity index (χ4v) is 3.98. The van der Waals surface area contributed by atoms with E-state index in [1.165, 1.54) is 96.3 Å². The third-order valence-corrected chi connectivity index (χ3v) is 6.58. The van der Waals surface area contributed by atoms with Crippen LogP contribution in [0.4, 0.5) is 0 Å². The number of esters is 1. The molecule has 0 aliphatic heterocycles. The number of carbonyl (C=O) groups is 1. The number of rotatable bonds is 26. The van der Waals surface area contributed by atoms with Gasteiger partial charge in [-0.15, -0.1) is 0 Å². The minimum absolute atomic E-state index is 0.151. The summed E-state index contributed by atoms with van der Waals surface area (Å²) in [5, 5.41) is 36.4. The van der Waals surface area contributed by atoms with Gasteiger partial charge in [-0.3, -0.25) is 4.79 Å². The first-order chi connectivity index (χ1) is 16.1. The Kier molecular flexibility index (Phi) is 23.9. The molecule has 0 amide bonds. The van der Waals surface area contributed by atoms with Crippen LogP contribution >= 0.6 is 0 Å². The minimum atomic E-state index is -1.14. The van der Waals surface area contributed by atoms with Crippen LogP contribution in [0.15, 0.2) is 0 Å². The number of ether oxygens (including phenoxy) is 1. The van der Waals surface area contributed by atoms with Gasteiger partial charge in [0, 0.05) is 13.0 Å². The van der Waals surface area contributed by atoms with E-state index in [9.17, 15) is 20.1 Å². The van der Waals surface area contributed by atoms with Crippen molar-refractivity contribution in [1.82, 2.24) is 0 Å². The zero-order valence-corrected chi connectivity index (χ0v) is 21.3. The largest absolute Gasteiger partial charge is 0.465 e. The summed E-state index contributed by atoms with van der Waals surface area (Å²) in [6, 6.07) is 0. The highest BCUT2D eigenvalue weighted by atomic mass is 16.5. The summed E-state index contributed by atoms with van der Waals surface area (Å²) in [6.07, 6.45) is 24.2. The predicted octanol–water partition coefficient (Wildman–Crippen LogP) is 5.29. The van der Waals surface area contributed by atoms with E-state index in [2.05, 4.69) is 0 Å². The summed E-state index contributed by atoms with van der Waals surface area (Å²) in [5.41, 5.74) is -1.14. The summed E-state index contributed by atoms with van der Waals surface area (Å²) >= 11 is 0. The molecule has 0 fully saturated rings. The highest BCUT2D eigenvalue weighted by Crippen LogP contribution is 2.17. The van der Waals surface area contributed by atoms with Crippen LogP contribution in [0.3, 0.4) is 0 Å². The third-order valence-electron chi connectivity index (χ3n) is 6.58. The van der Waals surface area contributed by atoms with E-state index in [0.717, 1.165) is 25.7 Å². The van der Waals surface area contributed by atoms with Gasteiger partial charge in [0.05, 0.1) is 25.2 Å². The van der Waals surface area contributed by atoms with Gasteiger partial charge in [-0.2, -0.15) is 0 Å². The molecule has 0 spiro atoms. The lowest BCUT2D eigenvalue weighted by Gasteiger charge is -2.26. The molecule has 6 nitrogen and oxygen atoms in total. The van der Waals surface area contributed by atoms with Crippen molar-refractivity contribution in [3.05, 3.63) is 0 Å². The van der Waals surface area contributed by atoms with E-state index in [4.69, 9.17) is 9.84 Å². The molecular formula is C27H54O6. The van der Waals surface area contributed by atoms with Crippen LogP contribution in [0.2, 0.25) is 0 Å². The number of aliphatic hydroxyl groups excluding tert-OH is 4. The standard InChI is InChI=1S/C27H54O6/c28-21-19-17-15-13-11-9-7-5-3-1-2-4-6-8-10-12-14-16-18-20-26(32)33-25-27(22-29,23-30)24-31/h28-31H,1-25H2. The first-order valence-corrected chi connectivity index (χ1v) is 13.7. The van der Waals surface area contributed by atoms with Crippen molar-refractivity contribution in [2.45, 2.75) is 128 Å². The Balaban J connectivity index is 3.27. The fourth-order valence-electron chi connectivity index (χ4n) is 3.98. The molecule has 0 aliphatic carbocycles. The van der Waals surface area contributed by atoms with Gasteiger partial charge in [0.1, 0.15) is 6.61 Å². The Morgan fingerprint density at radius 2 is 0.788 bits per heavy atom. The number of unbranched alkanes of at least 4 members (excludes halogenated alkanes) is 18. The van der Waals surface area contributed by atoms with Crippen LogP contribution in [0, 0.1) is 5.41 Å². The predicted molar refractivity (Wildman–Crippen MR) is 134 cm³/mol. The average molecular weight is 475 g/mol. The van der Waals surface area contributed by atoms with Gasteiger partial charge in [-0.25, -0.2) is 0 Å². The molecule has 0 saturated heterocycles. The Morgan fingerprint density at radius 3 is 1.09 bits per heavy atom. The van der Waals surface area contributed by atoms with Crippen molar-refractivity contribution in [2.75, 3.05) is 33.0 Å². The molecule has 0 aromatic rings. The van der Waals surface area contributed by atoms with Crippen molar-refractivity contribution < 1.29 is 30.0 Å². The van der Waals surface area contributed by atoms with Crippen LogP contribution in [0.1, 0.15) is 128 Å². The van der Waals surface area contributed by atoms with E-state index < -0.39 is 25.2 Å². The molecule has 4 N–H and O–H groups in total. The number of carbonyl (C=O) groups excluding carboxylic acids is 1. The van der Waals surface area contributed by atoms with Crippen molar-refractivity contribution in [1.29, 1.82) is 0 Å². The Bertz CT molecular complexity index is 403. The highest BCUT2D eigenvalue weighted by molar-refractivity contribution is 5.69. The summed E-state index contributed by atoms with van der Waals surface area (Å²) in [4.78, 5) is 11.8. The van der Waals surface area contributed by atoms with Crippen LogP contribution in [-0.2, 0) is 9.53 Å². The molecule has 0 aliphatic rings. The maximum Gasteiger partial charge on any atom is 0.305 e. The van der Waals surface area contributed by atoms with E-state index in [0.29, 0.717) is 13.0 Å².